The molecular formula is C6H13N3Na3O. The van der Waals surface area contributed by atoms with Crippen LogP contribution in [-0.4, -0.2) is 113 Å². The first-order valence-electron chi connectivity index (χ1n) is 3.63. The van der Waals surface area contributed by atoms with Crippen LogP contribution in [0.4, 0.5) is 0 Å². The van der Waals surface area contributed by atoms with Gasteiger partial charge in [0.25, 0.3) is 0 Å². The summed E-state index contributed by atoms with van der Waals surface area (Å²) in [6.07, 6.45) is 1.59. The van der Waals surface area contributed by atoms with Crippen LogP contribution in [0, 0.1) is 0 Å². The molecule has 1 aliphatic rings. The van der Waals surface area contributed by atoms with Gasteiger partial charge in [-0.1, -0.05) is 6.92 Å². The topological polar surface area (TPSA) is 44.4 Å². The van der Waals surface area contributed by atoms with Crippen LogP contribution in [0.2, 0.25) is 0 Å². The molecule has 0 aromatic rings. The summed E-state index contributed by atoms with van der Waals surface area (Å²) in [6, 6.07) is 0. The fourth-order valence-electron chi connectivity index (χ4n) is 0.911. The molecule has 1 heterocycles. The van der Waals surface area contributed by atoms with E-state index in [1.807, 2.05) is 6.92 Å². The molecule has 0 aliphatic carbocycles. The molecule has 1 aliphatic heterocycles. The quantitative estimate of drug-likeness (QED) is 0.520. The molecule has 3 radical (unpaired) electrons. The first kappa shape index (κ1) is 20.8. The Balaban J connectivity index is -0.000000333. The predicted molar refractivity (Wildman–Crippen MR) is 55.0 cm³/mol. The maximum atomic E-state index is 11.0. The van der Waals surface area contributed by atoms with E-state index in [2.05, 4.69) is 11.0 Å². The first-order valence-corrected chi connectivity index (χ1v) is 3.63. The zero-order valence-electron chi connectivity index (χ0n) is 9.18. The number of carbonyl (C=O) groups is 1. The van der Waals surface area contributed by atoms with Crippen molar-refractivity contribution in [3.05, 3.63) is 0 Å². The maximum Gasteiger partial charge on any atom is 0.237 e. The van der Waals surface area contributed by atoms with E-state index in [0.29, 0.717) is 6.42 Å². The first-order chi connectivity index (χ1) is 4.84. The normalized spacial score (nSPS) is 14.7. The van der Waals surface area contributed by atoms with Gasteiger partial charge in [0.05, 0.1) is 0 Å². The molecule has 0 aromatic heterocycles. The van der Waals surface area contributed by atoms with E-state index in [9.17, 15) is 4.79 Å². The molecule has 0 saturated carbocycles. The van der Waals surface area contributed by atoms with Crippen LogP contribution in [0.3, 0.4) is 0 Å². The fraction of sp³-hybridized carbons (Fsp3) is 0.833. The summed E-state index contributed by atoms with van der Waals surface area (Å²) in [4.78, 5) is 11.0. The Hall–Kier alpha value is 2.39. The van der Waals surface area contributed by atoms with Gasteiger partial charge in [-0.15, -0.1) is 0 Å². The number of nitrogens with zero attached hydrogens (tertiary/aromatic N) is 1. The van der Waals surface area contributed by atoms with Crippen molar-refractivity contribution in [1.82, 2.24) is 16.0 Å². The Labute approximate surface area is 146 Å². The fourth-order valence-corrected chi connectivity index (χ4v) is 0.911. The Morgan fingerprint density at radius 1 is 1.38 bits per heavy atom. The number of amides is 1. The van der Waals surface area contributed by atoms with Crippen LogP contribution in [-0.2, 0) is 4.79 Å². The molecule has 13 heavy (non-hydrogen) atoms. The number of nitrogens with one attached hydrogen (secondary N) is 2. The average Bonchev–Trinajstić information content (AvgIpc) is 2.05. The predicted octanol–water partition coefficient (Wildman–Crippen LogP) is -1.50. The van der Waals surface area contributed by atoms with Crippen LogP contribution in [0.15, 0.2) is 0 Å². The molecule has 1 saturated heterocycles. The molecule has 0 atom stereocenters. The van der Waals surface area contributed by atoms with Crippen LogP contribution in [0.5, 0.6) is 0 Å². The Morgan fingerprint density at radius 3 is 2.38 bits per heavy atom. The van der Waals surface area contributed by atoms with Crippen molar-refractivity contribution >= 4 is 94.6 Å². The largest absolute Gasteiger partial charge is 0.273 e. The molecule has 0 unspecified atom stereocenters. The number of hydrogen-bond donors (Lipinski definition) is 2. The average molecular weight is 212 g/mol. The summed E-state index contributed by atoms with van der Waals surface area (Å²) in [5.74, 6) is 0.146. The minimum atomic E-state index is 0. The van der Waals surface area contributed by atoms with E-state index in [-0.39, 0.29) is 94.6 Å². The standard InChI is InChI=1S/C6H13N3O.3Na/c1-2-6(10)9-5-3-4-7-8-9;;;/h7-8H,2-5H2,1H3;;;. The molecule has 7 heteroatoms. The van der Waals surface area contributed by atoms with Gasteiger partial charge in [0.1, 0.15) is 0 Å². The van der Waals surface area contributed by atoms with E-state index in [1.165, 1.54) is 0 Å². The van der Waals surface area contributed by atoms with E-state index < -0.39 is 0 Å². The van der Waals surface area contributed by atoms with Gasteiger partial charge in [-0.3, -0.25) is 9.80 Å². The third-order valence-electron chi connectivity index (χ3n) is 1.50. The van der Waals surface area contributed by atoms with Gasteiger partial charge in [-0.05, 0) is 6.42 Å². The van der Waals surface area contributed by atoms with Crippen LogP contribution < -0.4 is 11.0 Å². The van der Waals surface area contributed by atoms with Crippen LogP contribution in [0.25, 0.3) is 0 Å². The second-order valence-electron chi connectivity index (χ2n) is 2.29. The van der Waals surface area contributed by atoms with E-state index in [0.717, 1.165) is 19.5 Å². The van der Waals surface area contributed by atoms with Gasteiger partial charge in [0, 0.05) is 108 Å². The second kappa shape index (κ2) is 12.5. The number of carbonyl (C=O) groups excluding carboxylic acids is 1. The van der Waals surface area contributed by atoms with E-state index >= 15 is 0 Å². The molecule has 1 fully saturated rings. The van der Waals surface area contributed by atoms with Gasteiger partial charge in [0.15, 0.2) is 0 Å². The molecular weight excluding hydrogens is 199 g/mol. The van der Waals surface area contributed by atoms with Crippen molar-refractivity contribution in [2.24, 2.45) is 0 Å². The molecule has 2 N–H and O–H groups in total. The Morgan fingerprint density at radius 2 is 2.00 bits per heavy atom. The summed E-state index contributed by atoms with van der Waals surface area (Å²) < 4.78 is 0. The number of hydrazine groups is 2. The molecule has 0 bridgehead atoms. The zero-order valence-corrected chi connectivity index (χ0v) is 15.2. The minimum absolute atomic E-state index is 0. The summed E-state index contributed by atoms with van der Waals surface area (Å²) in [6.45, 7) is 3.62. The van der Waals surface area contributed by atoms with Crippen molar-refractivity contribution in [3.8, 4) is 0 Å². The van der Waals surface area contributed by atoms with Crippen molar-refractivity contribution < 1.29 is 4.79 Å². The molecule has 61 valence electrons. The van der Waals surface area contributed by atoms with E-state index in [1.54, 1.807) is 5.01 Å². The number of hydrogen-bond acceptors (Lipinski definition) is 3. The molecule has 0 aromatic carbocycles. The van der Waals surface area contributed by atoms with Gasteiger partial charge in [0.2, 0.25) is 5.91 Å². The maximum absolute atomic E-state index is 11.0. The van der Waals surface area contributed by atoms with Crippen molar-refractivity contribution in [2.75, 3.05) is 13.1 Å². The monoisotopic (exact) mass is 212 g/mol. The van der Waals surface area contributed by atoms with Crippen molar-refractivity contribution in [3.63, 3.8) is 0 Å². The minimum Gasteiger partial charge on any atom is -0.273 e. The summed E-state index contributed by atoms with van der Waals surface area (Å²) in [5, 5.41) is 1.61. The molecule has 1 amide bonds. The van der Waals surface area contributed by atoms with Crippen LogP contribution >= 0.6 is 0 Å². The SMILES string of the molecule is CCC(=O)N1CCCNN1.[Na].[Na].[Na]. The van der Waals surface area contributed by atoms with Gasteiger partial charge >= 0.3 is 0 Å². The Bertz CT molecular complexity index is 130. The molecule has 1 rings (SSSR count). The summed E-state index contributed by atoms with van der Waals surface area (Å²) in [7, 11) is 0. The van der Waals surface area contributed by atoms with Crippen LogP contribution in [0.1, 0.15) is 19.8 Å². The molecule has 0 spiro atoms. The van der Waals surface area contributed by atoms with Crippen molar-refractivity contribution in [1.29, 1.82) is 0 Å². The van der Waals surface area contributed by atoms with E-state index in [4.69, 9.17) is 0 Å². The summed E-state index contributed by atoms with van der Waals surface area (Å²) in [5.41, 5.74) is 5.71. The number of rotatable bonds is 1. The van der Waals surface area contributed by atoms with Gasteiger partial charge in [-0.25, -0.2) is 5.43 Å². The molecule has 4 nitrogen and oxygen atoms in total. The smallest absolute Gasteiger partial charge is 0.237 e. The van der Waals surface area contributed by atoms with Crippen molar-refractivity contribution in [2.45, 2.75) is 19.8 Å². The third kappa shape index (κ3) is 8.22. The third-order valence-corrected chi connectivity index (χ3v) is 1.50. The zero-order chi connectivity index (χ0) is 7.40. The summed E-state index contributed by atoms with van der Waals surface area (Å²) >= 11 is 0. The van der Waals surface area contributed by atoms with Gasteiger partial charge in [-0.2, -0.15) is 5.53 Å². The van der Waals surface area contributed by atoms with Gasteiger partial charge < -0.3 is 0 Å². The Kier molecular flexibility index (Phi) is 19.9. The second-order valence-corrected chi connectivity index (χ2v) is 2.29.